The van der Waals surface area contributed by atoms with Crippen molar-refractivity contribution in [3.8, 4) is 0 Å². The molecule has 1 aromatic carbocycles. The van der Waals surface area contributed by atoms with Crippen LogP contribution in [0.15, 0.2) is 36.5 Å². The Bertz CT molecular complexity index is 563. The normalized spacial score (nSPS) is 10.7. The van der Waals surface area contributed by atoms with Crippen LogP contribution < -0.4 is 5.32 Å². The van der Waals surface area contributed by atoms with E-state index in [0.717, 1.165) is 37.2 Å². The number of non-ortho nitro benzene ring substituents is 1. The summed E-state index contributed by atoms with van der Waals surface area (Å²) in [6, 6.07) is 8.71. The molecule has 0 radical (unpaired) electrons. The Morgan fingerprint density at radius 1 is 1.20 bits per heavy atom. The van der Waals surface area contributed by atoms with Gasteiger partial charge in [-0.15, -0.1) is 0 Å². The number of nitrogens with zero attached hydrogens (tertiary/aromatic N) is 3. The summed E-state index contributed by atoms with van der Waals surface area (Å²) in [5.74, 6) is 0. The number of rotatable bonds is 7. The first-order valence-electron chi connectivity index (χ1n) is 6.58. The smallest absolute Gasteiger partial charge is 0.269 e. The quantitative estimate of drug-likeness (QED) is 0.474. The van der Waals surface area contributed by atoms with E-state index >= 15 is 0 Å². The Hall–Kier alpha value is -2.21. The largest absolute Gasteiger partial charge is 0.316 e. The van der Waals surface area contributed by atoms with E-state index in [2.05, 4.69) is 10.4 Å². The van der Waals surface area contributed by atoms with Crippen molar-refractivity contribution in [3.63, 3.8) is 0 Å². The van der Waals surface area contributed by atoms with Crippen molar-refractivity contribution in [3.05, 3.63) is 57.9 Å². The van der Waals surface area contributed by atoms with Crippen molar-refractivity contribution in [1.29, 1.82) is 0 Å². The molecule has 0 aliphatic heterocycles. The predicted molar refractivity (Wildman–Crippen MR) is 76.6 cm³/mol. The van der Waals surface area contributed by atoms with Gasteiger partial charge in [-0.25, -0.2) is 0 Å². The van der Waals surface area contributed by atoms with Gasteiger partial charge < -0.3 is 5.32 Å². The Kier molecular flexibility index (Phi) is 4.84. The van der Waals surface area contributed by atoms with Gasteiger partial charge in [-0.1, -0.05) is 12.1 Å². The van der Waals surface area contributed by atoms with Crippen LogP contribution in [0.1, 0.15) is 11.3 Å². The van der Waals surface area contributed by atoms with E-state index in [1.807, 2.05) is 19.3 Å². The van der Waals surface area contributed by atoms with Crippen molar-refractivity contribution in [2.45, 2.75) is 12.8 Å². The van der Waals surface area contributed by atoms with Crippen molar-refractivity contribution in [2.75, 3.05) is 13.1 Å². The summed E-state index contributed by atoms with van der Waals surface area (Å²) in [5, 5.41) is 18.2. The lowest BCUT2D eigenvalue weighted by molar-refractivity contribution is -0.384. The van der Waals surface area contributed by atoms with Crippen LogP contribution in [0.3, 0.4) is 0 Å². The third-order valence-electron chi connectivity index (χ3n) is 3.06. The van der Waals surface area contributed by atoms with E-state index in [1.165, 1.54) is 0 Å². The van der Waals surface area contributed by atoms with Gasteiger partial charge in [0, 0.05) is 38.3 Å². The van der Waals surface area contributed by atoms with Gasteiger partial charge in [0.05, 0.1) is 10.6 Å². The molecule has 0 saturated carbocycles. The van der Waals surface area contributed by atoms with Crippen molar-refractivity contribution in [1.82, 2.24) is 15.1 Å². The van der Waals surface area contributed by atoms with Gasteiger partial charge in [0.25, 0.3) is 5.69 Å². The fourth-order valence-corrected chi connectivity index (χ4v) is 1.96. The van der Waals surface area contributed by atoms with Gasteiger partial charge in [0.1, 0.15) is 0 Å². The molecule has 1 heterocycles. The van der Waals surface area contributed by atoms with Crippen LogP contribution in [0.25, 0.3) is 0 Å². The predicted octanol–water partition coefficient (Wildman–Crippen LogP) is 1.70. The Morgan fingerprint density at radius 3 is 2.50 bits per heavy atom. The highest BCUT2D eigenvalue weighted by atomic mass is 16.6. The summed E-state index contributed by atoms with van der Waals surface area (Å²) in [7, 11) is 1.91. The summed E-state index contributed by atoms with van der Waals surface area (Å²) >= 11 is 0. The van der Waals surface area contributed by atoms with Crippen LogP contribution in [0.4, 0.5) is 5.69 Å². The highest BCUT2D eigenvalue weighted by Gasteiger charge is 2.03. The summed E-state index contributed by atoms with van der Waals surface area (Å²) in [4.78, 5) is 10.2. The molecular weight excluding hydrogens is 256 g/mol. The number of aryl methyl sites for hydroxylation is 1. The topological polar surface area (TPSA) is 73.0 Å². The molecule has 0 bridgehead atoms. The maximum Gasteiger partial charge on any atom is 0.269 e. The van der Waals surface area contributed by atoms with Gasteiger partial charge in [0.15, 0.2) is 0 Å². The molecular formula is C14H18N4O2. The number of nitro benzene ring substituents is 1. The maximum atomic E-state index is 10.5. The first-order chi connectivity index (χ1) is 9.65. The lowest BCUT2D eigenvalue weighted by Gasteiger charge is -2.03. The van der Waals surface area contributed by atoms with Gasteiger partial charge in [-0.2, -0.15) is 5.10 Å². The molecule has 2 aromatic rings. The summed E-state index contributed by atoms with van der Waals surface area (Å²) in [6.07, 6.45) is 3.70. The second kappa shape index (κ2) is 6.81. The number of hydrogen-bond acceptors (Lipinski definition) is 4. The van der Waals surface area contributed by atoms with E-state index in [1.54, 1.807) is 28.9 Å². The van der Waals surface area contributed by atoms with Crippen molar-refractivity contribution in [2.24, 2.45) is 7.05 Å². The number of nitrogens with one attached hydrogen (secondary N) is 1. The number of benzene rings is 1. The molecule has 20 heavy (non-hydrogen) atoms. The average Bonchev–Trinajstić information content (AvgIpc) is 2.84. The molecule has 0 aliphatic rings. The lowest BCUT2D eigenvalue weighted by Crippen LogP contribution is -2.20. The van der Waals surface area contributed by atoms with Crippen molar-refractivity contribution >= 4 is 5.69 Å². The molecule has 1 N–H and O–H groups in total. The SMILES string of the molecule is Cn1ccc(CCNCCc2ccc([N+](=O)[O-])cc2)n1. The van der Waals surface area contributed by atoms with Gasteiger partial charge in [-0.05, 0) is 24.6 Å². The molecule has 6 nitrogen and oxygen atoms in total. The van der Waals surface area contributed by atoms with E-state index < -0.39 is 0 Å². The van der Waals surface area contributed by atoms with E-state index in [-0.39, 0.29) is 10.6 Å². The molecule has 0 unspecified atom stereocenters. The minimum atomic E-state index is -0.380. The fourth-order valence-electron chi connectivity index (χ4n) is 1.96. The summed E-state index contributed by atoms with van der Waals surface area (Å²) < 4.78 is 1.80. The maximum absolute atomic E-state index is 10.5. The van der Waals surface area contributed by atoms with Crippen LogP contribution in [0.2, 0.25) is 0 Å². The van der Waals surface area contributed by atoms with E-state index in [9.17, 15) is 10.1 Å². The molecule has 0 spiro atoms. The first kappa shape index (κ1) is 14.2. The number of hydrogen-bond donors (Lipinski definition) is 1. The molecule has 0 aliphatic carbocycles. The molecule has 0 atom stereocenters. The Labute approximate surface area is 117 Å². The van der Waals surface area contributed by atoms with Crippen LogP contribution in [-0.4, -0.2) is 27.8 Å². The standard InChI is InChI=1S/C14H18N4O2/c1-17-11-8-13(16-17)7-10-15-9-6-12-2-4-14(5-3-12)18(19)20/h2-5,8,11,15H,6-7,9-10H2,1H3. The Balaban J connectivity index is 1.66. The van der Waals surface area contributed by atoms with E-state index in [4.69, 9.17) is 0 Å². The summed E-state index contributed by atoms with van der Waals surface area (Å²) in [6.45, 7) is 1.73. The van der Waals surface area contributed by atoms with Gasteiger partial charge in [-0.3, -0.25) is 14.8 Å². The molecule has 106 valence electrons. The second-order valence-electron chi connectivity index (χ2n) is 4.65. The zero-order valence-corrected chi connectivity index (χ0v) is 11.5. The van der Waals surface area contributed by atoms with Gasteiger partial charge in [0.2, 0.25) is 0 Å². The zero-order valence-electron chi connectivity index (χ0n) is 11.5. The van der Waals surface area contributed by atoms with Crippen LogP contribution in [0.5, 0.6) is 0 Å². The molecule has 6 heteroatoms. The monoisotopic (exact) mass is 274 g/mol. The zero-order chi connectivity index (χ0) is 14.4. The minimum Gasteiger partial charge on any atom is -0.316 e. The molecule has 1 aromatic heterocycles. The summed E-state index contributed by atoms with van der Waals surface area (Å²) in [5.41, 5.74) is 2.31. The molecule has 2 rings (SSSR count). The van der Waals surface area contributed by atoms with E-state index in [0.29, 0.717) is 0 Å². The average molecular weight is 274 g/mol. The van der Waals surface area contributed by atoms with Crippen molar-refractivity contribution < 1.29 is 4.92 Å². The third-order valence-corrected chi connectivity index (χ3v) is 3.06. The third kappa shape index (κ3) is 4.17. The van der Waals surface area contributed by atoms with Crippen LogP contribution in [0, 0.1) is 10.1 Å². The molecule has 0 saturated heterocycles. The highest BCUT2D eigenvalue weighted by Crippen LogP contribution is 2.11. The second-order valence-corrected chi connectivity index (χ2v) is 4.65. The fraction of sp³-hybridized carbons (Fsp3) is 0.357. The lowest BCUT2D eigenvalue weighted by atomic mass is 10.1. The van der Waals surface area contributed by atoms with Crippen LogP contribution >= 0.6 is 0 Å². The number of nitro groups is 1. The molecule has 0 amide bonds. The first-order valence-corrected chi connectivity index (χ1v) is 6.58. The minimum absolute atomic E-state index is 0.136. The van der Waals surface area contributed by atoms with Crippen LogP contribution in [-0.2, 0) is 19.9 Å². The van der Waals surface area contributed by atoms with Gasteiger partial charge >= 0.3 is 0 Å². The number of aromatic nitrogens is 2. The Morgan fingerprint density at radius 2 is 1.90 bits per heavy atom. The molecule has 0 fully saturated rings. The highest BCUT2D eigenvalue weighted by molar-refractivity contribution is 5.32.